The Morgan fingerprint density at radius 1 is 0.283 bits per heavy atom. The summed E-state index contributed by atoms with van der Waals surface area (Å²) in [6, 6.07) is 80.3. The smallest absolute Gasteiger partial charge is 0.0720 e. The summed E-state index contributed by atoms with van der Waals surface area (Å²) in [7, 11) is 0. The number of rotatable bonds is 3. The highest BCUT2D eigenvalue weighted by atomic mass is 15.1. The van der Waals surface area contributed by atoms with Crippen LogP contribution in [0.15, 0.2) is 212 Å². The third kappa shape index (κ3) is 3.98. The normalized spacial score (nSPS) is 15.6. The molecule has 0 radical (unpaired) electrons. The molecule has 0 heterocycles. The summed E-state index contributed by atoms with van der Waals surface area (Å²) in [6.07, 6.45) is 0. The Balaban J connectivity index is 1.09. The van der Waals surface area contributed by atoms with Crippen molar-refractivity contribution in [2.45, 2.75) is 30.1 Å². The molecular formula is C59H41N. The number of fused-ring (bicyclic) bond motifs is 19. The van der Waals surface area contributed by atoms with Crippen molar-refractivity contribution in [1.29, 1.82) is 0 Å². The summed E-state index contributed by atoms with van der Waals surface area (Å²) >= 11 is 0. The van der Waals surface area contributed by atoms with Gasteiger partial charge in [0, 0.05) is 16.8 Å². The third-order valence-corrected chi connectivity index (χ3v) is 14.5. The molecule has 9 aromatic carbocycles. The maximum atomic E-state index is 2.50. The van der Waals surface area contributed by atoms with Crippen LogP contribution in [0.2, 0.25) is 0 Å². The zero-order chi connectivity index (χ0) is 39.8. The van der Waals surface area contributed by atoms with Crippen LogP contribution in [0.4, 0.5) is 17.1 Å². The Hall–Kier alpha value is -7.22. The van der Waals surface area contributed by atoms with E-state index in [9.17, 15) is 0 Å². The van der Waals surface area contributed by atoms with E-state index in [0.717, 1.165) is 11.4 Å². The molecular weight excluding hydrogens is 723 g/mol. The van der Waals surface area contributed by atoms with E-state index in [0.29, 0.717) is 0 Å². The summed E-state index contributed by atoms with van der Waals surface area (Å²) in [5, 5.41) is 0. The minimum Gasteiger partial charge on any atom is -0.310 e. The molecule has 2 spiro atoms. The summed E-state index contributed by atoms with van der Waals surface area (Å²) in [4.78, 5) is 2.50. The lowest BCUT2D eigenvalue weighted by Gasteiger charge is -2.48. The molecule has 60 heavy (non-hydrogen) atoms. The van der Waals surface area contributed by atoms with Crippen molar-refractivity contribution in [3.05, 3.63) is 268 Å². The molecule has 0 saturated heterocycles. The largest absolute Gasteiger partial charge is 0.310 e. The van der Waals surface area contributed by atoms with E-state index in [2.05, 4.69) is 231 Å². The fraction of sp³-hybridized carbons (Fsp3) is 0.0847. The molecule has 282 valence electrons. The van der Waals surface area contributed by atoms with Gasteiger partial charge < -0.3 is 4.90 Å². The summed E-state index contributed by atoms with van der Waals surface area (Å²) in [6.45, 7) is 4.78. The number of anilines is 3. The quantitative estimate of drug-likeness (QED) is 0.173. The Labute approximate surface area is 351 Å². The van der Waals surface area contributed by atoms with Crippen LogP contribution in [0.1, 0.15) is 69.5 Å². The predicted molar refractivity (Wildman–Crippen MR) is 247 cm³/mol. The van der Waals surface area contributed by atoms with Gasteiger partial charge in [0.15, 0.2) is 0 Å². The molecule has 1 nitrogen and oxygen atoms in total. The number of benzene rings is 9. The molecule has 1 heteroatoms. The minimum atomic E-state index is -0.523. The van der Waals surface area contributed by atoms with Gasteiger partial charge in [0.25, 0.3) is 0 Å². The molecule has 0 unspecified atom stereocenters. The number of para-hydroxylation sites is 1. The van der Waals surface area contributed by atoms with Gasteiger partial charge in [-0.3, -0.25) is 0 Å². The van der Waals surface area contributed by atoms with Gasteiger partial charge in [-0.05, 0) is 119 Å². The SMILES string of the molecule is CC1(C)c2ccccc2-c2cccc(N(c3ccccc3)c3ccc4c(c3)-c3ccccc3C43c4ccccc4C4(c5ccccc5-c5ccccc54)c4ccccc43)c21. The second-order valence-electron chi connectivity index (χ2n) is 17.5. The van der Waals surface area contributed by atoms with E-state index in [1.165, 1.54) is 94.7 Å². The second kappa shape index (κ2) is 11.9. The molecule has 0 N–H and O–H groups in total. The van der Waals surface area contributed by atoms with Gasteiger partial charge in [0.05, 0.1) is 16.5 Å². The van der Waals surface area contributed by atoms with Crippen LogP contribution in [0, 0.1) is 0 Å². The first-order valence-corrected chi connectivity index (χ1v) is 21.3. The highest BCUT2D eigenvalue weighted by molar-refractivity contribution is 5.96. The fourth-order valence-corrected chi connectivity index (χ4v) is 12.4. The minimum absolute atomic E-state index is 0.175. The average Bonchev–Trinajstić information content (AvgIpc) is 3.86. The summed E-state index contributed by atoms with van der Waals surface area (Å²) in [5.41, 5.74) is 23.8. The predicted octanol–water partition coefficient (Wildman–Crippen LogP) is 14.5. The molecule has 4 aliphatic carbocycles. The van der Waals surface area contributed by atoms with E-state index in [1.807, 2.05) is 0 Å². The van der Waals surface area contributed by atoms with Crippen molar-refractivity contribution in [2.24, 2.45) is 0 Å². The van der Waals surface area contributed by atoms with Gasteiger partial charge in [-0.25, -0.2) is 0 Å². The first kappa shape index (κ1) is 33.7. The second-order valence-corrected chi connectivity index (χ2v) is 17.5. The standard InChI is InChI=1S/C59H41N/c1-57(2)46-26-10-6-23-42(46)44-25-18-34-55(56(44)57)60(38-19-4-3-5-20-38)39-35-36-50-45(37-39)43-24-9-13-29-49(43)59(50)53-32-16-14-30-51(53)58(52-31-15-17-33-54(52)59)47-27-11-7-21-40(47)41-22-8-12-28-48(41)58/h3-37H,1-2H3. The first-order chi connectivity index (χ1) is 29.6. The van der Waals surface area contributed by atoms with Gasteiger partial charge in [-0.1, -0.05) is 196 Å². The van der Waals surface area contributed by atoms with E-state index >= 15 is 0 Å². The average molecular weight is 764 g/mol. The maximum absolute atomic E-state index is 2.50. The Kier molecular flexibility index (Phi) is 6.71. The number of hydrogen-bond donors (Lipinski definition) is 0. The lowest BCUT2D eigenvalue weighted by Crippen LogP contribution is -2.43. The monoisotopic (exact) mass is 763 g/mol. The molecule has 0 saturated carbocycles. The van der Waals surface area contributed by atoms with Crippen molar-refractivity contribution in [2.75, 3.05) is 4.90 Å². The van der Waals surface area contributed by atoms with E-state index < -0.39 is 10.8 Å². The Bertz CT molecular complexity index is 3160. The lowest BCUT2D eigenvalue weighted by molar-refractivity contribution is 0.633. The molecule has 13 rings (SSSR count). The van der Waals surface area contributed by atoms with Crippen LogP contribution in [0.25, 0.3) is 33.4 Å². The van der Waals surface area contributed by atoms with Crippen LogP contribution in [-0.4, -0.2) is 0 Å². The molecule has 0 atom stereocenters. The molecule has 0 bridgehead atoms. The van der Waals surface area contributed by atoms with Gasteiger partial charge in [0.2, 0.25) is 0 Å². The lowest BCUT2D eigenvalue weighted by atomic mass is 9.52. The van der Waals surface area contributed by atoms with E-state index in [1.54, 1.807) is 0 Å². The molecule has 0 fully saturated rings. The van der Waals surface area contributed by atoms with Crippen molar-refractivity contribution < 1.29 is 0 Å². The number of hydrogen-bond acceptors (Lipinski definition) is 1. The Morgan fingerprint density at radius 2 is 0.667 bits per heavy atom. The number of nitrogens with zero attached hydrogens (tertiary/aromatic N) is 1. The van der Waals surface area contributed by atoms with Crippen LogP contribution >= 0.6 is 0 Å². The van der Waals surface area contributed by atoms with Crippen LogP contribution < -0.4 is 4.90 Å². The zero-order valence-electron chi connectivity index (χ0n) is 33.7. The van der Waals surface area contributed by atoms with Gasteiger partial charge in [0.1, 0.15) is 0 Å². The van der Waals surface area contributed by atoms with Gasteiger partial charge in [-0.2, -0.15) is 0 Å². The van der Waals surface area contributed by atoms with Crippen LogP contribution in [-0.2, 0) is 16.2 Å². The maximum Gasteiger partial charge on any atom is 0.0720 e. The van der Waals surface area contributed by atoms with Crippen LogP contribution in [0.3, 0.4) is 0 Å². The topological polar surface area (TPSA) is 3.24 Å². The molecule has 0 aromatic heterocycles. The van der Waals surface area contributed by atoms with Crippen molar-refractivity contribution in [1.82, 2.24) is 0 Å². The molecule has 0 amide bonds. The van der Waals surface area contributed by atoms with Crippen molar-refractivity contribution in [3.63, 3.8) is 0 Å². The van der Waals surface area contributed by atoms with Gasteiger partial charge >= 0.3 is 0 Å². The molecule has 0 aliphatic heterocycles. The summed E-state index contributed by atoms with van der Waals surface area (Å²) < 4.78 is 0. The molecule has 9 aromatic rings. The Morgan fingerprint density at radius 3 is 1.18 bits per heavy atom. The van der Waals surface area contributed by atoms with Crippen LogP contribution in [0.5, 0.6) is 0 Å². The summed E-state index contributed by atoms with van der Waals surface area (Å²) in [5.74, 6) is 0. The third-order valence-electron chi connectivity index (χ3n) is 14.5. The highest BCUT2D eigenvalue weighted by Crippen LogP contribution is 2.67. The highest BCUT2D eigenvalue weighted by Gasteiger charge is 2.59. The first-order valence-electron chi connectivity index (χ1n) is 21.3. The van der Waals surface area contributed by atoms with Crippen molar-refractivity contribution >= 4 is 17.1 Å². The fourth-order valence-electron chi connectivity index (χ4n) is 12.4. The van der Waals surface area contributed by atoms with Gasteiger partial charge in [-0.15, -0.1) is 0 Å². The van der Waals surface area contributed by atoms with Crippen molar-refractivity contribution in [3.8, 4) is 33.4 Å². The zero-order valence-corrected chi connectivity index (χ0v) is 33.7. The van der Waals surface area contributed by atoms with E-state index in [4.69, 9.17) is 0 Å². The van der Waals surface area contributed by atoms with E-state index in [-0.39, 0.29) is 5.41 Å². The molecule has 4 aliphatic rings.